The van der Waals surface area contributed by atoms with Crippen LogP contribution >= 0.6 is 24.0 Å². The lowest BCUT2D eigenvalue weighted by Crippen LogP contribution is -2.43. The highest BCUT2D eigenvalue weighted by Crippen LogP contribution is 2.36. The molecule has 2 aromatic carbocycles. The molecule has 0 spiro atoms. The third-order valence-electron chi connectivity index (χ3n) is 4.79. The first-order chi connectivity index (χ1) is 15.7. The minimum atomic E-state index is -3.90. The molecule has 0 radical (unpaired) electrons. The lowest BCUT2D eigenvalue weighted by atomic mass is 10.2. The van der Waals surface area contributed by atoms with Crippen molar-refractivity contribution in [1.82, 2.24) is 15.2 Å². The molecule has 0 unspecified atom stereocenters. The monoisotopic (exact) mass is 505 g/mol. The molecule has 2 N–H and O–H groups in total. The maximum absolute atomic E-state index is 12.7. The van der Waals surface area contributed by atoms with Crippen LogP contribution < -0.4 is 19.7 Å². The summed E-state index contributed by atoms with van der Waals surface area (Å²) in [6.45, 7) is 2.01. The van der Waals surface area contributed by atoms with E-state index in [1.807, 2.05) is 6.92 Å². The maximum atomic E-state index is 12.7. The SMILES string of the molecule is Cc1ccc(S(=O)(=O)NNC(=O)CCN2C(=O)C(=Cc3ccc4c(c3)OCO4)SC2=S)cc1. The number of amides is 2. The van der Waals surface area contributed by atoms with Crippen LogP contribution in [-0.2, 0) is 19.6 Å². The second kappa shape index (κ2) is 9.51. The van der Waals surface area contributed by atoms with E-state index in [-0.39, 0.29) is 30.6 Å². The Labute approximate surface area is 200 Å². The van der Waals surface area contributed by atoms with E-state index < -0.39 is 15.9 Å². The standard InChI is InChI=1S/C21H19N3O6S3/c1-13-2-5-15(6-3-13)33(27,28)23-22-19(25)8-9-24-20(26)18(32-21(24)31)11-14-4-7-16-17(10-14)30-12-29-16/h2-7,10-11,23H,8-9,12H2,1H3,(H,22,25). The van der Waals surface area contributed by atoms with Crippen LogP contribution in [0.5, 0.6) is 11.5 Å². The minimum Gasteiger partial charge on any atom is -0.454 e. The van der Waals surface area contributed by atoms with Crippen LogP contribution in [0.15, 0.2) is 52.3 Å². The number of aryl methyl sites for hydroxylation is 1. The summed E-state index contributed by atoms with van der Waals surface area (Å²) in [6, 6.07) is 11.5. The van der Waals surface area contributed by atoms with E-state index >= 15 is 0 Å². The number of thiocarbonyl (C=S) groups is 1. The number of ether oxygens (including phenoxy) is 2. The van der Waals surface area contributed by atoms with Crippen LogP contribution in [-0.4, -0.2) is 42.8 Å². The number of thioether (sulfide) groups is 1. The van der Waals surface area contributed by atoms with Crippen molar-refractivity contribution in [3.63, 3.8) is 0 Å². The second-order valence-corrected chi connectivity index (χ2v) is 10.5. The van der Waals surface area contributed by atoms with Crippen LogP contribution in [0.2, 0.25) is 0 Å². The molecule has 0 saturated carbocycles. The van der Waals surface area contributed by atoms with E-state index in [1.165, 1.54) is 17.0 Å². The number of hydrogen-bond acceptors (Lipinski definition) is 8. The molecule has 0 bridgehead atoms. The first-order valence-corrected chi connectivity index (χ1v) is 12.5. The summed E-state index contributed by atoms with van der Waals surface area (Å²) in [5.41, 5.74) is 3.82. The van der Waals surface area contributed by atoms with Crippen molar-refractivity contribution in [2.24, 2.45) is 0 Å². The van der Waals surface area contributed by atoms with Crippen molar-refractivity contribution in [1.29, 1.82) is 0 Å². The Morgan fingerprint density at radius 1 is 1.18 bits per heavy atom. The fraction of sp³-hybridized carbons (Fsp3) is 0.190. The first-order valence-electron chi connectivity index (χ1n) is 9.75. The zero-order valence-corrected chi connectivity index (χ0v) is 19.8. The molecule has 0 aliphatic carbocycles. The second-order valence-electron chi connectivity index (χ2n) is 7.16. The predicted molar refractivity (Wildman–Crippen MR) is 127 cm³/mol. The van der Waals surface area contributed by atoms with Gasteiger partial charge in [-0.25, -0.2) is 8.42 Å². The largest absolute Gasteiger partial charge is 0.454 e. The Morgan fingerprint density at radius 2 is 1.91 bits per heavy atom. The van der Waals surface area contributed by atoms with Gasteiger partial charge in [-0.3, -0.25) is 19.9 Å². The van der Waals surface area contributed by atoms with E-state index in [9.17, 15) is 18.0 Å². The van der Waals surface area contributed by atoms with Crippen molar-refractivity contribution in [3.05, 3.63) is 58.5 Å². The van der Waals surface area contributed by atoms with Crippen molar-refractivity contribution >= 4 is 56.2 Å². The highest BCUT2D eigenvalue weighted by atomic mass is 32.2. The van der Waals surface area contributed by atoms with Gasteiger partial charge in [0.25, 0.3) is 15.9 Å². The molecule has 33 heavy (non-hydrogen) atoms. The fourth-order valence-electron chi connectivity index (χ4n) is 3.02. The summed E-state index contributed by atoms with van der Waals surface area (Å²) >= 11 is 6.41. The highest BCUT2D eigenvalue weighted by molar-refractivity contribution is 8.26. The topological polar surface area (TPSA) is 114 Å². The molecule has 1 saturated heterocycles. The summed E-state index contributed by atoms with van der Waals surface area (Å²) in [6.07, 6.45) is 1.55. The van der Waals surface area contributed by atoms with Gasteiger partial charge in [0.15, 0.2) is 11.5 Å². The summed E-state index contributed by atoms with van der Waals surface area (Å²) in [4.78, 5) is 28.7. The van der Waals surface area contributed by atoms with Gasteiger partial charge in [-0.1, -0.05) is 47.7 Å². The Bertz CT molecular complexity index is 1260. The quantitative estimate of drug-likeness (QED) is 0.335. The van der Waals surface area contributed by atoms with E-state index in [0.717, 1.165) is 22.9 Å². The van der Waals surface area contributed by atoms with Gasteiger partial charge in [0, 0.05) is 13.0 Å². The molecule has 1 fully saturated rings. The van der Waals surface area contributed by atoms with Gasteiger partial charge in [-0.05, 0) is 42.8 Å². The molecular formula is C21H19N3O6S3. The Morgan fingerprint density at radius 3 is 2.67 bits per heavy atom. The molecule has 2 heterocycles. The van der Waals surface area contributed by atoms with E-state index in [1.54, 1.807) is 36.4 Å². The van der Waals surface area contributed by atoms with Crippen LogP contribution in [0.4, 0.5) is 0 Å². The molecule has 9 nitrogen and oxygen atoms in total. The molecule has 2 aliphatic rings. The number of carbonyl (C=O) groups excluding carboxylic acids is 2. The lowest BCUT2D eigenvalue weighted by Gasteiger charge is -2.14. The third kappa shape index (κ3) is 5.36. The number of fused-ring (bicyclic) bond motifs is 1. The molecule has 172 valence electrons. The lowest BCUT2D eigenvalue weighted by molar-refractivity contribution is -0.124. The summed E-state index contributed by atoms with van der Waals surface area (Å²) in [5, 5.41) is 0. The maximum Gasteiger partial charge on any atom is 0.266 e. The molecule has 4 rings (SSSR count). The number of hydrogen-bond donors (Lipinski definition) is 2. The van der Waals surface area contributed by atoms with Crippen molar-refractivity contribution in [2.45, 2.75) is 18.2 Å². The van der Waals surface area contributed by atoms with Crippen LogP contribution in [0, 0.1) is 6.92 Å². The fourth-order valence-corrected chi connectivity index (χ4v) is 5.19. The smallest absolute Gasteiger partial charge is 0.266 e. The van der Waals surface area contributed by atoms with Crippen LogP contribution in [0.3, 0.4) is 0 Å². The molecule has 0 atom stereocenters. The van der Waals surface area contributed by atoms with Crippen molar-refractivity contribution < 1.29 is 27.5 Å². The zero-order valence-electron chi connectivity index (χ0n) is 17.4. The van der Waals surface area contributed by atoms with Gasteiger partial charge in [-0.15, -0.1) is 4.83 Å². The molecule has 2 amide bonds. The van der Waals surface area contributed by atoms with Gasteiger partial charge in [0.1, 0.15) is 4.32 Å². The van der Waals surface area contributed by atoms with Gasteiger partial charge < -0.3 is 9.47 Å². The number of rotatable bonds is 7. The summed E-state index contributed by atoms with van der Waals surface area (Å²) in [5.74, 6) is 0.322. The van der Waals surface area contributed by atoms with E-state index in [0.29, 0.717) is 20.7 Å². The number of carbonyl (C=O) groups is 2. The van der Waals surface area contributed by atoms with E-state index in [4.69, 9.17) is 21.7 Å². The average Bonchev–Trinajstić information content (AvgIpc) is 3.35. The number of sulfonamides is 1. The Hall–Kier alpha value is -2.93. The van der Waals surface area contributed by atoms with Crippen molar-refractivity contribution in [3.8, 4) is 11.5 Å². The highest BCUT2D eigenvalue weighted by Gasteiger charge is 2.32. The normalized spacial score (nSPS) is 16.5. The van der Waals surface area contributed by atoms with Gasteiger partial charge in [0.05, 0.1) is 9.80 Å². The van der Waals surface area contributed by atoms with E-state index in [2.05, 4.69) is 10.3 Å². The summed E-state index contributed by atoms with van der Waals surface area (Å²) in [7, 11) is -3.90. The number of benzene rings is 2. The van der Waals surface area contributed by atoms with Crippen LogP contribution in [0.25, 0.3) is 6.08 Å². The number of nitrogens with one attached hydrogen (secondary N) is 2. The molecule has 2 aliphatic heterocycles. The zero-order chi connectivity index (χ0) is 23.6. The Balaban J connectivity index is 1.32. The average molecular weight is 506 g/mol. The molecular weight excluding hydrogens is 486 g/mol. The molecule has 0 aromatic heterocycles. The first kappa shape index (κ1) is 23.2. The number of nitrogens with zero attached hydrogens (tertiary/aromatic N) is 1. The minimum absolute atomic E-state index is 0.0151. The molecule has 2 aromatic rings. The Kier molecular flexibility index (Phi) is 6.70. The summed E-state index contributed by atoms with van der Waals surface area (Å²) < 4.78 is 35.5. The van der Waals surface area contributed by atoms with Gasteiger partial charge in [-0.2, -0.15) is 0 Å². The molecule has 12 heteroatoms. The van der Waals surface area contributed by atoms with Crippen molar-refractivity contribution in [2.75, 3.05) is 13.3 Å². The van der Waals surface area contributed by atoms with Gasteiger partial charge in [0.2, 0.25) is 12.7 Å². The van der Waals surface area contributed by atoms with Gasteiger partial charge >= 0.3 is 0 Å². The number of hydrazine groups is 1. The van der Waals surface area contributed by atoms with Crippen LogP contribution in [0.1, 0.15) is 17.5 Å². The third-order valence-corrected chi connectivity index (χ3v) is 7.43. The predicted octanol–water partition coefficient (Wildman–Crippen LogP) is 2.32.